The number of ether oxygens (including phenoxy) is 4. The Labute approximate surface area is 98.6 Å². The van der Waals surface area contributed by atoms with Crippen molar-refractivity contribution in [1.29, 1.82) is 0 Å². The Balaban J connectivity index is 1.83. The summed E-state index contributed by atoms with van der Waals surface area (Å²) in [7, 11) is 3.24. The van der Waals surface area contributed by atoms with E-state index in [1.165, 1.54) is 0 Å². The first-order chi connectivity index (χ1) is 8.33. The lowest BCUT2D eigenvalue weighted by molar-refractivity contribution is -0.158. The Bertz CT molecular complexity index is 397. The molecule has 0 N–H and O–H groups in total. The predicted molar refractivity (Wildman–Crippen MR) is 55.1 cm³/mol. The van der Waals surface area contributed by atoms with Crippen LogP contribution in [-0.2, 0) is 32.1 Å². The predicted octanol–water partition coefficient (Wildman–Crippen LogP) is -0.437. The summed E-state index contributed by atoms with van der Waals surface area (Å²) in [6.07, 6.45) is 0.860. The number of rotatable bonds is 2. The molecule has 1 aromatic heterocycles. The Morgan fingerprint density at radius 2 is 2.29 bits per heavy atom. The van der Waals surface area contributed by atoms with E-state index in [0.717, 1.165) is 5.69 Å². The molecule has 0 unspecified atom stereocenters. The van der Waals surface area contributed by atoms with Crippen molar-refractivity contribution < 1.29 is 18.9 Å². The van der Waals surface area contributed by atoms with Gasteiger partial charge in [0.15, 0.2) is 6.29 Å². The van der Waals surface area contributed by atoms with Gasteiger partial charge in [-0.2, -0.15) is 0 Å². The van der Waals surface area contributed by atoms with E-state index in [0.29, 0.717) is 13.2 Å². The van der Waals surface area contributed by atoms with Gasteiger partial charge in [0.25, 0.3) is 0 Å². The highest BCUT2D eigenvalue weighted by Gasteiger charge is 2.47. The maximum absolute atomic E-state index is 5.82. The molecule has 1 fully saturated rings. The third kappa shape index (κ3) is 1.75. The van der Waals surface area contributed by atoms with Crippen LogP contribution in [0, 0.1) is 0 Å². The highest BCUT2D eigenvalue weighted by Crippen LogP contribution is 2.30. The first-order valence-electron chi connectivity index (χ1n) is 5.53. The maximum atomic E-state index is 5.82. The molecule has 3 rings (SSSR count). The molecule has 1 aromatic rings. The van der Waals surface area contributed by atoms with E-state index in [1.807, 2.05) is 0 Å². The summed E-state index contributed by atoms with van der Waals surface area (Å²) in [5.41, 5.74) is 0.951. The molecule has 17 heavy (non-hydrogen) atoms. The first-order valence-corrected chi connectivity index (χ1v) is 5.53. The van der Waals surface area contributed by atoms with Crippen molar-refractivity contribution in [3.8, 4) is 0 Å². The summed E-state index contributed by atoms with van der Waals surface area (Å²) in [6, 6.07) is 0. The second-order valence-electron chi connectivity index (χ2n) is 4.16. The van der Waals surface area contributed by atoms with Crippen LogP contribution in [0.1, 0.15) is 5.69 Å². The van der Waals surface area contributed by atoms with Crippen LogP contribution in [0.5, 0.6) is 0 Å². The SMILES string of the molecule is CO[C@H]1O[C@@H]2Cn3nncc3CO[C@@H]2[C@H]1OC. The van der Waals surface area contributed by atoms with E-state index in [1.54, 1.807) is 25.1 Å². The van der Waals surface area contributed by atoms with Gasteiger partial charge in [-0.1, -0.05) is 5.21 Å². The number of aromatic nitrogens is 3. The lowest BCUT2D eigenvalue weighted by Crippen LogP contribution is -2.37. The minimum absolute atomic E-state index is 0.118. The molecule has 0 saturated carbocycles. The normalized spacial score (nSPS) is 36.4. The molecular weight excluding hydrogens is 226 g/mol. The molecule has 7 heteroatoms. The summed E-state index contributed by atoms with van der Waals surface area (Å²) in [5.74, 6) is 0. The van der Waals surface area contributed by atoms with Crippen LogP contribution in [0.3, 0.4) is 0 Å². The van der Waals surface area contributed by atoms with Gasteiger partial charge in [-0.25, -0.2) is 4.68 Å². The van der Waals surface area contributed by atoms with Crippen LogP contribution in [0.15, 0.2) is 6.20 Å². The van der Waals surface area contributed by atoms with Gasteiger partial charge in [-0.3, -0.25) is 0 Å². The second kappa shape index (κ2) is 4.34. The molecule has 94 valence electrons. The van der Waals surface area contributed by atoms with Gasteiger partial charge in [-0.05, 0) is 0 Å². The Morgan fingerprint density at radius 3 is 3.06 bits per heavy atom. The average molecular weight is 241 g/mol. The lowest BCUT2D eigenvalue weighted by Gasteiger charge is -2.20. The topological polar surface area (TPSA) is 67.6 Å². The van der Waals surface area contributed by atoms with E-state index >= 15 is 0 Å². The van der Waals surface area contributed by atoms with Crippen LogP contribution < -0.4 is 0 Å². The van der Waals surface area contributed by atoms with Crippen LogP contribution in [0.4, 0.5) is 0 Å². The second-order valence-corrected chi connectivity index (χ2v) is 4.16. The van der Waals surface area contributed by atoms with Crippen LogP contribution >= 0.6 is 0 Å². The van der Waals surface area contributed by atoms with Crippen molar-refractivity contribution in [1.82, 2.24) is 15.0 Å². The summed E-state index contributed by atoms with van der Waals surface area (Å²) in [4.78, 5) is 0. The van der Waals surface area contributed by atoms with Crippen molar-refractivity contribution in [2.45, 2.75) is 37.8 Å². The zero-order valence-corrected chi connectivity index (χ0v) is 9.78. The van der Waals surface area contributed by atoms with E-state index in [2.05, 4.69) is 10.3 Å². The summed E-state index contributed by atoms with van der Waals surface area (Å²) in [6.45, 7) is 1.08. The van der Waals surface area contributed by atoms with Gasteiger partial charge < -0.3 is 18.9 Å². The first kappa shape index (κ1) is 11.1. The van der Waals surface area contributed by atoms with Crippen molar-refractivity contribution in [2.24, 2.45) is 0 Å². The standard InChI is InChI=1S/C10H15N3O4/c1-14-9-8-7(17-10(9)15-2)4-13-6(5-16-8)3-11-12-13/h3,7-10H,4-5H2,1-2H3/t7-,8+,9-,10+/m1/s1. The fraction of sp³-hybridized carbons (Fsp3) is 0.800. The van der Waals surface area contributed by atoms with Gasteiger partial charge in [0.05, 0.1) is 25.0 Å². The van der Waals surface area contributed by atoms with E-state index in [9.17, 15) is 0 Å². The Hall–Kier alpha value is -1.02. The van der Waals surface area contributed by atoms with Crippen molar-refractivity contribution in [3.05, 3.63) is 11.9 Å². The molecule has 0 aromatic carbocycles. The molecule has 7 nitrogen and oxygen atoms in total. The van der Waals surface area contributed by atoms with Crippen molar-refractivity contribution in [3.63, 3.8) is 0 Å². The van der Waals surface area contributed by atoms with Crippen LogP contribution in [0.2, 0.25) is 0 Å². The fourth-order valence-corrected chi connectivity index (χ4v) is 2.37. The summed E-state index contributed by atoms with van der Waals surface area (Å²) < 4.78 is 24.0. The third-order valence-corrected chi connectivity index (χ3v) is 3.25. The molecule has 2 aliphatic rings. The molecular formula is C10H15N3O4. The molecule has 4 atom stereocenters. The van der Waals surface area contributed by atoms with Gasteiger partial charge in [-0.15, -0.1) is 5.10 Å². The number of methoxy groups -OCH3 is 2. The van der Waals surface area contributed by atoms with E-state index in [-0.39, 0.29) is 24.6 Å². The number of hydrogen-bond donors (Lipinski definition) is 0. The van der Waals surface area contributed by atoms with Gasteiger partial charge in [0, 0.05) is 14.2 Å². The highest BCUT2D eigenvalue weighted by atomic mass is 16.7. The molecule has 0 spiro atoms. The van der Waals surface area contributed by atoms with Gasteiger partial charge in [0.1, 0.15) is 18.3 Å². The largest absolute Gasteiger partial charge is 0.373 e. The quantitative estimate of drug-likeness (QED) is 0.699. The minimum Gasteiger partial charge on any atom is -0.373 e. The molecule has 2 aliphatic heterocycles. The Morgan fingerprint density at radius 1 is 1.41 bits per heavy atom. The smallest absolute Gasteiger partial charge is 0.186 e. The zero-order valence-electron chi connectivity index (χ0n) is 9.78. The fourth-order valence-electron chi connectivity index (χ4n) is 2.37. The third-order valence-electron chi connectivity index (χ3n) is 3.25. The molecule has 0 aliphatic carbocycles. The van der Waals surface area contributed by atoms with E-state index < -0.39 is 0 Å². The van der Waals surface area contributed by atoms with Gasteiger partial charge >= 0.3 is 0 Å². The number of hydrogen-bond acceptors (Lipinski definition) is 6. The highest BCUT2D eigenvalue weighted by molar-refractivity contribution is 4.98. The van der Waals surface area contributed by atoms with Gasteiger partial charge in [0.2, 0.25) is 0 Å². The monoisotopic (exact) mass is 241 g/mol. The maximum Gasteiger partial charge on any atom is 0.186 e. The summed E-state index contributed by atoms with van der Waals surface area (Å²) in [5, 5.41) is 7.86. The van der Waals surface area contributed by atoms with Crippen molar-refractivity contribution >= 4 is 0 Å². The minimum atomic E-state index is -0.389. The Kier molecular flexibility index (Phi) is 2.83. The van der Waals surface area contributed by atoms with Crippen molar-refractivity contribution in [2.75, 3.05) is 14.2 Å². The number of nitrogens with zero attached hydrogens (tertiary/aromatic N) is 3. The number of fused-ring (bicyclic) bond motifs is 2. The van der Waals surface area contributed by atoms with Crippen LogP contribution in [-0.4, -0.2) is 53.8 Å². The molecule has 1 saturated heterocycles. The molecule has 3 heterocycles. The summed E-state index contributed by atoms with van der Waals surface area (Å²) >= 11 is 0. The van der Waals surface area contributed by atoms with E-state index in [4.69, 9.17) is 18.9 Å². The lowest BCUT2D eigenvalue weighted by atomic mass is 10.1. The zero-order chi connectivity index (χ0) is 11.8. The molecule has 0 bridgehead atoms. The molecule has 0 amide bonds. The van der Waals surface area contributed by atoms with Crippen LogP contribution in [0.25, 0.3) is 0 Å². The molecule has 0 radical (unpaired) electrons. The average Bonchev–Trinajstić information content (AvgIpc) is 2.88.